The minimum atomic E-state index is -1.37. The highest BCUT2D eigenvalue weighted by Gasteiger charge is 2.49. The third-order valence-electron chi connectivity index (χ3n) is 4.41. The molecule has 1 unspecified atom stereocenters. The molecule has 1 fully saturated rings. The first-order valence-corrected chi connectivity index (χ1v) is 7.55. The predicted octanol–water partition coefficient (Wildman–Crippen LogP) is 2.17. The van der Waals surface area contributed by atoms with Gasteiger partial charge in [-0.25, -0.2) is 4.79 Å². The van der Waals surface area contributed by atoms with Gasteiger partial charge in [-0.2, -0.15) is 0 Å². The number of aromatic nitrogens is 1. The number of aryl methyl sites for hydroxylation is 2. The minimum absolute atomic E-state index is 0.0242. The van der Waals surface area contributed by atoms with E-state index in [-0.39, 0.29) is 12.2 Å². The largest absolute Gasteiger partial charge is 0.361 e. The number of benzene rings is 1. The molecule has 0 bridgehead atoms. The number of carbonyl (C=O) groups excluding carboxylic acids is 2. The quantitative estimate of drug-likeness (QED) is 0.516. The second-order valence-corrected chi connectivity index (χ2v) is 6.06. The number of carbonyl (C=O) groups is 2. The maximum absolute atomic E-state index is 12.9. The summed E-state index contributed by atoms with van der Waals surface area (Å²) in [4.78, 5) is 36.7. The highest BCUT2D eigenvalue weighted by atomic mass is 16.6. The van der Waals surface area contributed by atoms with Gasteiger partial charge in [0.15, 0.2) is 0 Å². The molecule has 1 saturated heterocycles. The molecule has 1 aliphatic rings. The van der Waals surface area contributed by atoms with Crippen LogP contribution in [0.3, 0.4) is 0 Å². The fourth-order valence-electron chi connectivity index (χ4n) is 2.85. The summed E-state index contributed by atoms with van der Waals surface area (Å²) in [5.74, 6) is 0.0417. The van der Waals surface area contributed by atoms with Crippen LogP contribution in [0.2, 0.25) is 0 Å². The number of non-ortho nitro benzene ring substituents is 1. The lowest BCUT2D eigenvalue weighted by Crippen LogP contribution is -2.40. The lowest BCUT2D eigenvalue weighted by atomic mass is 9.91. The van der Waals surface area contributed by atoms with E-state index in [4.69, 9.17) is 4.52 Å². The Morgan fingerprint density at radius 3 is 2.68 bits per heavy atom. The van der Waals surface area contributed by atoms with Gasteiger partial charge in [0.2, 0.25) is 0 Å². The number of urea groups is 1. The molecule has 2 aromatic rings. The van der Waals surface area contributed by atoms with Crippen LogP contribution in [0.5, 0.6) is 0 Å². The van der Waals surface area contributed by atoms with Gasteiger partial charge >= 0.3 is 6.03 Å². The van der Waals surface area contributed by atoms with E-state index in [2.05, 4.69) is 10.5 Å². The Balaban J connectivity index is 1.95. The standard InChI is InChI=1S/C16H16N4O5/c1-9-13(10(2)25-18-9)8-19-14(21)16(3,17-15(19)22)11-5-4-6-12(7-11)20(23)24/h4-7H,8H2,1-3H3,(H,17,22). The molecule has 2 heterocycles. The van der Waals surface area contributed by atoms with Crippen LogP contribution in [-0.4, -0.2) is 26.9 Å². The van der Waals surface area contributed by atoms with Gasteiger partial charge in [-0.15, -0.1) is 0 Å². The fraction of sp³-hybridized carbons (Fsp3) is 0.312. The molecule has 0 radical (unpaired) electrons. The lowest BCUT2D eigenvalue weighted by Gasteiger charge is -2.22. The number of hydrogen-bond acceptors (Lipinski definition) is 6. The van der Waals surface area contributed by atoms with Crippen LogP contribution >= 0.6 is 0 Å². The monoisotopic (exact) mass is 344 g/mol. The van der Waals surface area contributed by atoms with E-state index in [1.807, 2.05) is 0 Å². The molecule has 3 amide bonds. The van der Waals surface area contributed by atoms with Gasteiger partial charge in [0.1, 0.15) is 11.3 Å². The van der Waals surface area contributed by atoms with Crippen molar-refractivity contribution in [3.63, 3.8) is 0 Å². The first kappa shape index (κ1) is 16.6. The first-order valence-electron chi connectivity index (χ1n) is 7.55. The molecule has 1 N–H and O–H groups in total. The molecule has 1 aliphatic heterocycles. The van der Waals surface area contributed by atoms with Crippen molar-refractivity contribution in [2.24, 2.45) is 0 Å². The zero-order chi connectivity index (χ0) is 18.4. The van der Waals surface area contributed by atoms with Crippen molar-refractivity contribution in [3.8, 4) is 0 Å². The Morgan fingerprint density at radius 2 is 2.08 bits per heavy atom. The number of imide groups is 1. The Kier molecular flexibility index (Phi) is 3.78. The molecular weight excluding hydrogens is 328 g/mol. The Bertz CT molecular complexity index is 871. The van der Waals surface area contributed by atoms with Crippen LogP contribution in [0.15, 0.2) is 28.8 Å². The number of nitro groups is 1. The average molecular weight is 344 g/mol. The third kappa shape index (κ3) is 2.63. The number of nitrogens with zero attached hydrogens (tertiary/aromatic N) is 3. The Hall–Kier alpha value is -3.23. The normalized spacial score (nSPS) is 20.0. The summed E-state index contributed by atoms with van der Waals surface area (Å²) >= 11 is 0. The Morgan fingerprint density at radius 1 is 1.36 bits per heavy atom. The number of amides is 3. The number of rotatable bonds is 4. The number of nitro benzene ring substituents is 1. The summed E-state index contributed by atoms with van der Waals surface area (Å²) in [5, 5.41) is 17.4. The molecule has 25 heavy (non-hydrogen) atoms. The van der Waals surface area contributed by atoms with Gasteiger partial charge in [-0.1, -0.05) is 17.3 Å². The van der Waals surface area contributed by atoms with E-state index in [1.54, 1.807) is 19.9 Å². The van der Waals surface area contributed by atoms with Crippen LogP contribution in [0.25, 0.3) is 0 Å². The molecule has 1 aromatic heterocycles. The molecule has 1 aromatic carbocycles. The molecule has 9 nitrogen and oxygen atoms in total. The summed E-state index contributed by atoms with van der Waals surface area (Å²) in [7, 11) is 0. The van der Waals surface area contributed by atoms with Gasteiger partial charge in [0, 0.05) is 17.7 Å². The Labute approximate surface area is 142 Å². The summed E-state index contributed by atoms with van der Waals surface area (Å²) in [5.41, 5.74) is 0.0855. The van der Waals surface area contributed by atoms with Gasteiger partial charge in [0.25, 0.3) is 11.6 Å². The fourth-order valence-corrected chi connectivity index (χ4v) is 2.85. The molecule has 0 spiro atoms. The maximum atomic E-state index is 12.9. The summed E-state index contributed by atoms with van der Waals surface area (Å²) in [6.45, 7) is 4.98. The van der Waals surface area contributed by atoms with Crippen LogP contribution in [0.1, 0.15) is 29.5 Å². The van der Waals surface area contributed by atoms with Crippen LogP contribution in [0, 0.1) is 24.0 Å². The smallest absolute Gasteiger partial charge is 0.325 e. The maximum Gasteiger partial charge on any atom is 0.325 e. The van der Waals surface area contributed by atoms with Crippen molar-refractivity contribution in [1.82, 2.24) is 15.4 Å². The lowest BCUT2D eigenvalue weighted by molar-refractivity contribution is -0.385. The predicted molar refractivity (Wildman–Crippen MR) is 85.5 cm³/mol. The number of nitrogens with one attached hydrogen (secondary N) is 1. The van der Waals surface area contributed by atoms with Gasteiger partial charge in [-0.05, 0) is 26.3 Å². The third-order valence-corrected chi connectivity index (χ3v) is 4.41. The second kappa shape index (κ2) is 5.69. The van der Waals surface area contributed by atoms with Crippen molar-refractivity contribution < 1.29 is 19.0 Å². The van der Waals surface area contributed by atoms with E-state index in [0.717, 1.165) is 4.90 Å². The van der Waals surface area contributed by atoms with Crippen LogP contribution < -0.4 is 5.32 Å². The van der Waals surface area contributed by atoms with E-state index in [9.17, 15) is 19.7 Å². The average Bonchev–Trinajstić information content (AvgIpc) is 3.00. The molecule has 9 heteroatoms. The molecule has 3 rings (SSSR count). The summed E-state index contributed by atoms with van der Waals surface area (Å²) in [6, 6.07) is 5.10. The molecule has 1 atom stereocenters. The summed E-state index contributed by atoms with van der Waals surface area (Å²) in [6.07, 6.45) is 0. The highest BCUT2D eigenvalue weighted by molar-refractivity contribution is 6.07. The van der Waals surface area contributed by atoms with Crippen molar-refractivity contribution in [1.29, 1.82) is 0 Å². The first-order chi connectivity index (χ1) is 11.7. The van der Waals surface area contributed by atoms with E-state index in [0.29, 0.717) is 22.6 Å². The van der Waals surface area contributed by atoms with E-state index in [1.165, 1.54) is 25.1 Å². The van der Waals surface area contributed by atoms with Gasteiger partial charge in [-0.3, -0.25) is 19.8 Å². The second-order valence-electron chi connectivity index (χ2n) is 6.06. The summed E-state index contributed by atoms with van der Waals surface area (Å²) < 4.78 is 5.06. The highest BCUT2D eigenvalue weighted by Crippen LogP contribution is 2.32. The van der Waals surface area contributed by atoms with Crippen LogP contribution in [0.4, 0.5) is 10.5 Å². The van der Waals surface area contributed by atoms with Crippen LogP contribution in [-0.2, 0) is 16.9 Å². The minimum Gasteiger partial charge on any atom is -0.361 e. The zero-order valence-corrected chi connectivity index (χ0v) is 13.9. The van der Waals surface area contributed by atoms with Crippen molar-refractivity contribution >= 4 is 17.6 Å². The molecule has 130 valence electrons. The molecule has 0 aliphatic carbocycles. The van der Waals surface area contributed by atoms with Gasteiger partial charge in [0.05, 0.1) is 17.2 Å². The van der Waals surface area contributed by atoms with Gasteiger partial charge < -0.3 is 9.84 Å². The molecule has 0 saturated carbocycles. The van der Waals surface area contributed by atoms with Crippen molar-refractivity contribution in [2.75, 3.05) is 0 Å². The van der Waals surface area contributed by atoms with Crippen molar-refractivity contribution in [2.45, 2.75) is 32.9 Å². The van der Waals surface area contributed by atoms with Crippen molar-refractivity contribution in [3.05, 3.63) is 57.0 Å². The SMILES string of the molecule is Cc1noc(C)c1CN1C(=O)NC(C)(c2cccc([N+](=O)[O-])c2)C1=O. The topological polar surface area (TPSA) is 119 Å². The number of hydrogen-bond donors (Lipinski definition) is 1. The van der Waals surface area contributed by atoms with E-state index >= 15 is 0 Å². The van der Waals surface area contributed by atoms with E-state index < -0.39 is 22.4 Å². The zero-order valence-electron chi connectivity index (χ0n) is 13.9. The molecular formula is C16H16N4O5.